The molecule has 0 saturated heterocycles. The number of rotatable bonds is 5. The molecule has 2 rings (SSSR count). The lowest BCUT2D eigenvalue weighted by atomic mass is 10.0. The minimum atomic E-state index is 0.185. The molecule has 0 aliphatic carbocycles. The fraction of sp³-hybridized carbons (Fsp3) is 0.333. The van der Waals surface area contributed by atoms with Gasteiger partial charge >= 0.3 is 0 Å². The number of ether oxygens (including phenoxy) is 1. The highest BCUT2D eigenvalue weighted by molar-refractivity contribution is 9.10. The second-order valence-corrected chi connectivity index (χ2v) is 5.48. The standard InChI is InChI=1S/C15H18BrN3O/c1-10-4-5-12(13(16)6-10)14(17-2)7-11-8-15(20-3)19-9-18-11/h4-6,8-9,14,17H,7H2,1-3H3. The van der Waals surface area contributed by atoms with Crippen molar-refractivity contribution in [2.75, 3.05) is 14.2 Å². The molecule has 1 aromatic heterocycles. The van der Waals surface area contributed by atoms with Gasteiger partial charge in [-0.2, -0.15) is 0 Å². The molecular weight excluding hydrogens is 318 g/mol. The van der Waals surface area contributed by atoms with Crippen molar-refractivity contribution in [2.45, 2.75) is 19.4 Å². The molecule has 20 heavy (non-hydrogen) atoms. The Morgan fingerprint density at radius 3 is 2.75 bits per heavy atom. The number of aryl methyl sites for hydroxylation is 1. The van der Waals surface area contributed by atoms with Crippen molar-refractivity contribution in [3.63, 3.8) is 0 Å². The van der Waals surface area contributed by atoms with E-state index in [1.807, 2.05) is 13.1 Å². The predicted molar refractivity (Wildman–Crippen MR) is 83.0 cm³/mol. The van der Waals surface area contributed by atoms with Crippen LogP contribution in [0.3, 0.4) is 0 Å². The van der Waals surface area contributed by atoms with E-state index in [0.717, 1.165) is 16.6 Å². The Hall–Kier alpha value is -1.46. The van der Waals surface area contributed by atoms with Crippen LogP contribution in [0, 0.1) is 6.92 Å². The summed E-state index contributed by atoms with van der Waals surface area (Å²) in [7, 11) is 3.56. The van der Waals surface area contributed by atoms with E-state index in [-0.39, 0.29) is 6.04 Å². The lowest BCUT2D eigenvalue weighted by Gasteiger charge is -2.18. The van der Waals surface area contributed by atoms with Gasteiger partial charge in [0.15, 0.2) is 0 Å². The largest absolute Gasteiger partial charge is 0.481 e. The first-order chi connectivity index (χ1) is 9.63. The molecule has 0 fully saturated rings. The smallest absolute Gasteiger partial charge is 0.216 e. The normalized spacial score (nSPS) is 12.2. The molecule has 1 heterocycles. The van der Waals surface area contributed by atoms with Crippen molar-refractivity contribution in [3.8, 4) is 5.88 Å². The summed E-state index contributed by atoms with van der Waals surface area (Å²) in [6.07, 6.45) is 2.31. The van der Waals surface area contributed by atoms with Crippen LogP contribution in [0.1, 0.15) is 22.9 Å². The maximum atomic E-state index is 5.13. The molecule has 1 aromatic carbocycles. The maximum Gasteiger partial charge on any atom is 0.216 e. The Morgan fingerprint density at radius 1 is 1.30 bits per heavy atom. The average Bonchev–Trinajstić information content (AvgIpc) is 2.45. The van der Waals surface area contributed by atoms with Crippen molar-refractivity contribution in [1.29, 1.82) is 0 Å². The topological polar surface area (TPSA) is 47.0 Å². The molecule has 106 valence electrons. The van der Waals surface area contributed by atoms with Crippen LogP contribution in [0.5, 0.6) is 5.88 Å². The molecule has 4 nitrogen and oxygen atoms in total. The van der Waals surface area contributed by atoms with E-state index >= 15 is 0 Å². The number of nitrogens with one attached hydrogen (secondary N) is 1. The Balaban J connectivity index is 2.23. The number of nitrogens with zero attached hydrogens (tertiary/aromatic N) is 2. The fourth-order valence-corrected chi connectivity index (χ4v) is 2.86. The van der Waals surface area contributed by atoms with Crippen molar-refractivity contribution >= 4 is 15.9 Å². The van der Waals surface area contributed by atoms with Crippen molar-refractivity contribution < 1.29 is 4.74 Å². The molecular formula is C15H18BrN3O. The first-order valence-electron chi connectivity index (χ1n) is 6.42. The van der Waals surface area contributed by atoms with Gasteiger partial charge in [0.2, 0.25) is 5.88 Å². The third-order valence-corrected chi connectivity index (χ3v) is 3.89. The highest BCUT2D eigenvalue weighted by Crippen LogP contribution is 2.27. The second-order valence-electron chi connectivity index (χ2n) is 4.62. The quantitative estimate of drug-likeness (QED) is 0.912. The van der Waals surface area contributed by atoms with Crippen LogP contribution in [-0.2, 0) is 6.42 Å². The molecule has 0 aliphatic rings. The first kappa shape index (κ1) is 14.9. The lowest BCUT2D eigenvalue weighted by Crippen LogP contribution is -2.20. The lowest BCUT2D eigenvalue weighted by molar-refractivity contribution is 0.395. The van der Waals surface area contributed by atoms with Gasteiger partial charge in [-0.1, -0.05) is 28.1 Å². The number of likely N-dealkylation sites (N-methyl/N-ethyl adjacent to an activating group) is 1. The third-order valence-electron chi connectivity index (χ3n) is 3.20. The van der Waals surface area contributed by atoms with Crippen LogP contribution < -0.4 is 10.1 Å². The average molecular weight is 336 g/mol. The first-order valence-corrected chi connectivity index (χ1v) is 7.21. The van der Waals surface area contributed by atoms with E-state index in [4.69, 9.17) is 4.74 Å². The molecule has 1 N–H and O–H groups in total. The summed E-state index contributed by atoms with van der Waals surface area (Å²) < 4.78 is 6.24. The summed E-state index contributed by atoms with van der Waals surface area (Å²) in [6, 6.07) is 8.43. The molecule has 1 atom stereocenters. The highest BCUT2D eigenvalue weighted by atomic mass is 79.9. The van der Waals surface area contributed by atoms with Gasteiger partial charge in [-0.3, -0.25) is 0 Å². The molecule has 0 radical (unpaired) electrons. The van der Waals surface area contributed by atoms with Gasteiger partial charge < -0.3 is 10.1 Å². The van der Waals surface area contributed by atoms with E-state index in [2.05, 4.69) is 56.3 Å². The van der Waals surface area contributed by atoms with Gasteiger partial charge in [-0.15, -0.1) is 0 Å². The Bertz CT molecular complexity index is 589. The van der Waals surface area contributed by atoms with Crippen LogP contribution in [-0.4, -0.2) is 24.1 Å². The van der Waals surface area contributed by atoms with E-state index in [1.165, 1.54) is 17.5 Å². The molecule has 0 bridgehead atoms. The van der Waals surface area contributed by atoms with E-state index in [9.17, 15) is 0 Å². The number of hydrogen-bond acceptors (Lipinski definition) is 4. The zero-order valence-corrected chi connectivity index (χ0v) is 13.4. The van der Waals surface area contributed by atoms with Crippen molar-refractivity contribution in [1.82, 2.24) is 15.3 Å². The van der Waals surface area contributed by atoms with Crippen LogP contribution >= 0.6 is 15.9 Å². The number of methoxy groups -OCH3 is 1. The molecule has 2 aromatic rings. The Labute approximate surface area is 127 Å². The molecule has 0 spiro atoms. The monoisotopic (exact) mass is 335 g/mol. The fourth-order valence-electron chi connectivity index (χ4n) is 2.09. The number of halogens is 1. The van der Waals surface area contributed by atoms with Gasteiger partial charge in [0.1, 0.15) is 6.33 Å². The summed E-state index contributed by atoms with van der Waals surface area (Å²) in [4.78, 5) is 8.33. The highest BCUT2D eigenvalue weighted by Gasteiger charge is 2.14. The molecule has 0 saturated carbocycles. The SMILES string of the molecule is CNC(Cc1cc(OC)ncn1)c1ccc(C)cc1Br. The molecule has 0 amide bonds. The van der Waals surface area contributed by atoms with Crippen LogP contribution in [0.2, 0.25) is 0 Å². The summed E-state index contributed by atoms with van der Waals surface area (Å²) in [5.41, 5.74) is 3.40. The zero-order valence-electron chi connectivity index (χ0n) is 11.9. The third kappa shape index (κ3) is 3.55. The minimum Gasteiger partial charge on any atom is -0.481 e. The number of benzene rings is 1. The summed E-state index contributed by atoms with van der Waals surface area (Å²) in [5, 5.41) is 3.33. The van der Waals surface area contributed by atoms with Crippen LogP contribution in [0.25, 0.3) is 0 Å². The van der Waals surface area contributed by atoms with E-state index in [0.29, 0.717) is 5.88 Å². The maximum absolute atomic E-state index is 5.13. The van der Waals surface area contributed by atoms with Crippen LogP contribution in [0.4, 0.5) is 0 Å². The van der Waals surface area contributed by atoms with Gasteiger partial charge in [0, 0.05) is 28.7 Å². The van der Waals surface area contributed by atoms with Gasteiger partial charge in [0.05, 0.1) is 7.11 Å². The molecule has 5 heteroatoms. The summed E-state index contributed by atoms with van der Waals surface area (Å²) >= 11 is 3.63. The summed E-state index contributed by atoms with van der Waals surface area (Å²) in [5.74, 6) is 0.591. The molecule has 1 unspecified atom stereocenters. The van der Waals surface area contributed by atoms with Gasteiger partial charge in [0.25, 0.3) is 0 Å². The number of aromatic nitrogens is 2. The summed E-state index contributed by atoms with van der Waals surface area (Å²) in [6.45, 7) is 2.08. The number of hydrogen-bond donors (Lipinski definition) is 1. The van der Waals surface area contributed by atoms with E-state index < -0.39 is 0 Å². The van der Waals surface area contributed by atoms with E-state index in [1.54, 1.807) is 7.11 Å². The predicted octanol–water partition coefficient (Wildman–Crippen LogP) is 3.06. The molecule has 0 aliphatic heterocycles. The Kier molecular flexibility index (Phi) is 5.09. The minimum absolute atomic E-state index is 0.185. The van der Waals surface area contributed by atoms with Crippen LogP contribution in [0.15, 0.2) is 35.1 Å². The van der Waals surface area contributed by atoms with Crippen molar-refractivity contribution in [3.05, 3.63) is 51.9 Å². The second kappa shape index (κ2) is 6.81. The van der Waals surface area contributed by atoms with Gasteiger partial charge in [-0.05, 0) is 31.2 Å². The van der Waals surface area contributed by atoms with Crippen molar-refractivity contribution in [2.24, 2.45) is 0 Å². The van der Waals surface area contributed by atoms with Gasteiger partial charge in [-0.25, -0.2) is 9.97 Å². The zero-order chi connectivity index (χ0) is 14.5. The Morgan fingerprint density at radius 2 is 2.10 bits per heavy atom.